The molecule has 0 aliphatic rings. The summed E-state index contributed by atoms with van der Waals surface area (Å²) in [6.45, 7) is 2.30. The third kappa shape index (κ3) is 5.24. The van der Waals surface area contributed by atoms with Crippen LogP contribution in [-0.4, -0.2) is 40.1 Å². The predicted octanol–water partition coefficient (Wildman–Crippen LogP) is 4.22. The van der Waals surface area contributed by atoms with Crippen LogP contribution in [0.25, 0.3) is 10.8 Å². The highest BCUT2D eigenvalue weighted by atomic mass is 79.9. The highest BCUT2D eigenvalue weighted by Gasteiger charge is 2.20. The molecule has 3 heterocycles. The number of halogens is 1. The minimum absolute atomic E-state index is 0.174. The topological polar surface area (TPSA) is 85.5 Å². The Morgan fingerprint density at radius 2 is 2.15 bits per heavy atom. The van der Waals surface area contributed by atoms with E-state index in [2.05, 4.69) is 26.1 Å². The molecule has 0 bridgehead atoms. The molecule has 27 heavy (non-hydrogen) atoms. The number of amides is 1. The van der Waals surface area contributed by atoms with Gasteiger partial charge in [0.2, 0.25) is 5.89 Å². The number of carbonyl (C=O) groups excluding carboxylic acids is 2. The molecule has 3 aromatic heterocycles. The van der Waals surface area contributed by atoms with Crippen LogP contribution in [0.1, 0.15) is 28.9 Å². The SMILES string of the molecule is CCCN(Cc1nnc(-c2cccs2)o1)C(=O)COC(=O)c1ccc(Br)s1. The fourth-order valence-corrected chi connectivity index (χ4v) is 4.18. The van der Waals surface area contributed by atoms with Gasteiger partial charge in [0.15, 0.2) is 6.61 Å². The Hall–Kier alpha value is -2.04. The first-order valence-electron chi connectivity index (χ1n) is 8.13. The highest BCUT2D eigenvalue weighted by molar-refractivity contribution is 9.11. The number of ether oxygens (including phenoxy) is 1. The summed E-state index contributed by atoms with van der Waals surface area (Å²) >= 11 is 6.04. The van der Waals surface area contributed by atoms with Crippen molar-refractivity contribution in [1.29, 1.82) is 0 Å². The lowest BCUT2D eigenvalue weighted by Gasteiger charge is -2.19. The number of hydrogen-bond donors (Lipinski definition) is 0. The lowest BCUT2D eigenvalue weighted by Crippen LogP contribution is -2.35. The summed E-state index contributed by atoms with van der Waals surface area (Å²) in [6.07, 6.45) is 0.753. The van der Waals surface area contributed by atoms with Gasteiger partial charge in [0.05, 0.1) is 15.2 Å². The van der Waals surface area contributed by atoms with Gasteiger partial charge in [-0.3, -0.25) is 4.79 Å². The average Bonchev–Trinajstić information content (AvgIpc) is 3.40. The van der Waals surface area contributed by atoms with Crippen molar-refractivity contribution in [3.63, 3.8) is 0 Å². The second kappa shape index (κ2) is 9.25. The summed E-state index contributed by atoms with van der Waals surface area (Å²) in [4.78, 5) is 27.3. The largest absolute Gasteiger partial charge is 0.451 e. The van der Waals surface area contributed by atoms with Crippen molar-refractivity contribution in [2.24, 2.45) is 0 Å². The average molecular weight is 470 g/mol. The van der Waals surface area contributed by atoms with Gasteiger partial charge in [0.1, 0.15) is 4.88 Å². The van der Waals surface area contributed by atoms with Crippen molar-refractivity contribution in [2.45, 2.75) is 19.9 Å². The lowest BCUT2D eigenvalue weighted by atomic mass is 10.4. The van der Waals surface area contributed by atoms with Gasteiger partial charge < -0.3 is 14.1 Å². The van der Waals surface area contributed by atoms with E-state index < -0.39 is 5.97 Å². The summed E-state index contributed by atoms with van der Waals surface area (Å²) in [5, 5.41) is 9.94. The Bertz CT molecular complexity index is 907. The molecule has 142 valence electrons. The minimum Gasteiger partial charge on any atom is -0.451 e. The van der Waals surface area contributed by atoms with Crippen LogP contribution in [0.3, 0.4) is 0 Å². The van der Waals surface area contributed by atoms with Crippen LogP contribution in [0.2, 0.25) is 0 Å². The molecule has 0 saturated heterocycles. The third-order valence-electron chi connectivity index (χ3n) is 3.47. The molecule has 3 aromatic rings. The Morgan fingerprint density at radius 3 is 2.81 bits per heavy atom. The van der Waals surface area contributed by atoms with Crippen LogP contribution in [0, 0.1) is 0 Å². The van der Waals surface area contributed by atoms with E-state index in [1.807, 2.05) is 24.4 Å². The molecule has 3 rings (SSSR count). The zero-order chi connectivity index (χ0) is 19.2. The Morgan fingerprint density at radius 1 is 1.30 bits per heavy atom. The monoisotopic (exact) mass is 469 g/mol. The van der Waals surface area contributed by atoms with Crippen LogP contribution in [-0.2, 0) is 16.1 Å². The molecule has 0 spiro atoms. The second-order valence-corrected chi connectivity index (χ2v) is 8.88. The first kappa shape index (κ1) is 19.7. The number of hydrogen-bond acceptors (Lipinski definition) is 8. The normalized spacial score (nSPS) is 10.7. The zero-order valence-electron chi connectivity index (χ0n) is 14.4. The molecule has 0 unspecified atom stereocenters. The molecule has 7 nitrogen and oxygen atoms in total. The first-order valence-corrected chi connectivity index (χ1v) is 10.6. The van der Waals surface area contributed by atoms with E-state index >= 15 is 0 Å². The molecule has 10 heteroatoms. The Balaban J connectivity index is 1.59. The van der Waals surface area contributed by atoms with Crippen molar-refractivity contribution >= 4 is 50.5 Å². The molecule has 0 aliphatic carbocycles. The van der Waals surface area contributed by atoms with Crippen LogP contribution < -0.4 is 0 Å². The first-order chi connectivity index (χ1) is 13.1. The van der Waals surface area contributed by atoms with Gasteiger partial charge in [-0.2, -0.15) is 0 Å². The Kier molecular flexibility index (Phi) is 6.75. The quantitative estimate of drug-likeness (QED) is 0.459. The maximum Gasteiger partial charge on any atom is 0.348 e. The molecule has 0 aromatic carbocycles. The number of aromatic nitrogens is 2. The molecular formula is C17H16BrN3O4S2. The summed E-state index contributed by atoms with van der Waals surface area (Å²) < 4.78 is 11.6. The highest BCUT2D eigenvalue weighted by Crippen LogP contribution is 2.24. The maximum absolute atomic E-state index is 12.5. The second-order valence-electron chi connectivity index (χ2n) is 5.47. The van der Waals surface area contributed by atoms with E-state index in [1.54, 1.807) is 17.0 Å². The van der Waals surface area contributed by atoms with Gasteiger partial charge in [-0.15, -0.1) is 32.9 Å². The van der Waals surface area contributed by atoms with Crippen molar-refractivity contribution in [1.82, 2.24) is 15.1 Å². The van der Waals surface area contributed by atoms with E-state index in [4.69, 9.17) is 9.15 Å². The summed E-state index contributed by atoms with van der Waals surface area (Å²) in [5.41, 5.74) is 0. The summed E-state index contributed by atoms with van der Waals surface area (Å²) in [5.74, 6) is -0.0581. The van der Waals surface area contributed by atoms with Gasteiger partial charge in [-0.1, -0.05) is 13.0 Å². The van der Waals surface area contributed by atoms with Gasteiger partial charge in [0, 0.05) is 6.54 Å². The van der Waals surface area contributed by atoms with E-state index in [0.717, 1.165) is 15.1 Å². The maximum atomic E-state index is 12.5. The van der Waals surface area contributed by atoms with E-state index in [0.29, 0.717) is 23.2 Å². The van der Waals surface area contributed by atoms with Gasteiger partial charge in [-0.25, -0.2) is 4.79 Å². The van der Waals surface area contributed by atoms with Crippen molar-refractivity contribution in [3.8, 4) is 10.8 Å². The summed E-state index contributed by atoms with van der Waals surface area (Å²) in [7, 11) is 0. The number of carbonyl (C=O) groups is 2. The van der Waals surface area contributed by atoms with Gasteiger partial charge in [0.25, 0.3) is 11.8 Å². The number of thiophene rings is 2. The van der Waals surface area contributed by atoms with Gasteiger partial charge in [-0.05, 0) is 45.9 Å². The van der Waals surface area contributed by atoms with Gasteiger partial charge >= 0.3 is 5.97 Å². The van der Waals surface area contributed by atoms with Crippen molar-refractivity contribution in [2.75, 3.05) is 13.2 Å². The number of rotatable bonds is 8. The molecule has 0 aliphatic heterocycles. The van der Waals surface area contributed by atoms with Crippen molar-refractivity contribution < 1.29 is 18.7 Å². The molecule has 0 saturated carbocycles. The fourth-order valence-electron chi connectivity index (χ4n) is 2.26. The standard InChI is InChI=1S/C17H16BrN3O4S2/c1-2-7-21(9-14-19-20-16(25-14)11-4-3-8-26-11)15(22)10-24-17(23)12-5-6-13(18)27-12/h3-6,8H,2,7,9-10H2,1H3. The van der Waals surface area contributed by atoms with Crippen LogP contribution in [0.5, 0.6) is 0 Å². The van der Waals surface area contributed by atoms with E-state index in [-0.39, 0.29) is 19.1 Å². The number of nitrogens with zero attached hydrogens (tertiary/aromatic N) is 3. The van der Waals surface area contributed by atoms with Crippen LogP contribution >= 0.6 is 38.6 Å². The minimum atomic E-state index is -0.520. The molecule has 0 fully saturated rings. The van der Waals surface area contributed by atoms with Crippen molar-refractivity contribution in [3.05, 3.63) is 44.2 Å². The summed E-state index contributed by atoms with van der Waals surface area (Å²) in [6, 6.07) is 7.19. The molecule has 1 amide bonds. The predicted molar refractivity (Wildman–Crippen MR) is 106 cm³/mol. The Labute approximate surface area is 172 Å². The molecule has 0 atom stereocenters. The molecule has 0 N–H and O–H groups in total. The lowest BCUT2D eigenvalue weighted by molar-refractivity contribution is -0.135. The number of esters is 1. The van der Waals surface area contributed by atoms with E-state index in [9.17, 15) is 9.59 Å². The third-order valence-corrected chi connectivity index (χ3v) is 5.93. The smallest absolute Gasteiger partial charge is 0.348 e. The van der Waals surface area contributed by atoms with E-state index in [1.165, 1.54) is 22.7 Å². The van der Waals surface area contributed by atoms with Crippen LogP contribution in [0.4, 0.5) is 0 Å². The molecular weight excluding hydrogens is 454 g/mol. The molecule has 0 radical (unpaired) electrons. The van der Waals surface area contributed by atoms with Crippen LogP contribution in [0.15, 0.2) is 37.8 Å². The zero-order valence-corrected chi connectivity index (χ0v) is 17.6. The fraction of sp³-hybridized carbons (Fsp3) is 0.294.